The van der Waals surface area contributed by atoms with Gasteiger partial charge in [0.05, 0.1) is 41.2 Å². The van der Waals surface area contributed by atoms with Crippen molar-refractivity contribution in [2.75, 3.05) is 13.2 Å². The summed E-state index contributed by atoms with van der Waals surface area (Å²) < 4.78 is 61.5. The van der Waals surface area contributed by atoms with Crippen LogP contribution in [0.4, 0.5) is 17.6 Å². The van der Waals surface area contributed by atoms with E-state index in [1.165, 1.54) is 17.1 Å². The molecule has 1 saturated carbocycles. The number of amides is 1. The standard InChI is InChI=1S/C35H38F4N4O3/c1-4-46-27-15-13-26(14-16-27)43-33(41-31-11-6-5-10-28(31)34(43)45)23(3)42(19-18-22(2)40-25-8-7-9-25)32(44)21-24-12-17-30(36)29(20-24)35(37,38)39/h5-6,10-17,20,22-23,25,40H,4,7-9,18-19,21H2,1-3H3. The van der Waals surface area contributed by atoms with Crippen LogP contribution < -0.4 is 15.6 Å². The first-order valence-corrected chi connectivity index (χ1v) is 15.6. The summed E-state index contributed by atoms with van der Waals surface area (Å²) in [6, 6.07) is 16.3. The molecule has 1 fully saturated rings. The number of carbonyl (C=O) groups is 1. The number of ether oxygens (including phenoxy) is 1. The molecular formula is C35H38F4N4O3. The zero-order chi connectivity index (χ0) is 33.0. The minimum Gasteiger partial charge on any atom is -0.494 e. The fourth-order valence-corrected chi connectivity index (χ4v) is 5.78. The molecule has 2 atom stereocenters. The summed E-state index contributed by atoms with van der Waals surface area (Å²) in [4.78, 5) is 34.4. The van der Waals surface area contributed by atoms with Gasteiger partial charge in [0, 0.05) is 18.6 Å². The van der Waals surface area contributed by atoms with Crippen molar-refractivity contribution in [2.24, 2.45) is 0 Å². The minimum atomic E-state index is -4.90. The van der Waals surface area contributed by atoms with Gasteiger partial charge in [0.25, 0.3) is 5.56 Å². The van der Waals surface area contributed by atoms with Crippen LogP contribution in [0, 0.1) is 5.82 Å². The summed E-state index contributed by atoms with van der Waals surface area (Å²) in [5, 5.41) is 3.97. The highest BCUT2D eigenvalue weighted by molar-refractivity contribution is 5.80. The zero-order valence-corrected chi connectivity index (χ0v) is 26.1. The Balaban J connectivity index is 1.54. The van der Waals surface area contributed by atoms with E-state index in [1.807, 2.05) is 13.8 Å². The van der Waals surface area contributed by atoms with E-state index in [-0.39, 0.29) is 30.1 Å². The third kappa shape index (κ3) is 7.41. The number of aromatic nitrogens is 2. The quantitative estimate of drug-likeness (QED) is 0.169. The molecule has 0 spiro atoms. The van der Waals surface area contributed by atoms with Crippen LogP contribution in [-0.4, -0.2) is 45.6 Å². The van der Waals surface area contributed by atoms with E-state index < -0.39 is 29.5 Å². The molecular weight excluding hydrogens is 600 g/mol. The molecule has 244 valence electrons. The highest BCUT2D eigenvalue weighted by Crippen LogP contribution is 2.32. The number of nitrogens with zero attached hydrogens (tertiary/aromatic N) is 3. The number of carbonyl (C=O) groups excluding carboxylic acids is 1. The highest BCUT2D eigenvalue weighted by Gasteiger charge is 2.35. The number of benzene rings is 3. The van der Waals surface area contributed by atoms with Gasteiger partial charge in [-0.15, -0.1) is 0 Å². The van der Waals surface area contributed by atoms with Crippen molar-refractivity contribution in [3.63, 3.8) is 0 Å². The van der Waals surface area contributed by atoms with Crippen molar-refractivity contribution in [1.82, 2.24) is 19.8 Å². The fraction of sp³-hybridized carbons (Fsp3) is 0.400. The summed E-state index contributed by atoms with van der Waals surface area (Å²) in [6.07, 6.45) is -1.39. The Labute approximate surface area is 265 Å². The second kappa shape index (κ2) is 14.0. The minimum absolute atomic E-state index is 0.0342. The Morgan fingerprint density at radius 2 is 1.80 bits per heavy atom. The molecule has 46 heavy (non-hydrogen) atoms. The largest absolute Gasteiger partial charge is 0.494 e. The van der Waals surface area contributed by atoms with E-state index >= 15 is 0 Å². The van der Waals surface area contributed by atoms with Crippen LogP contribution in [-0.2, 0) is 17.4 Å². The van der Waals surface area contributed by atoms with Gasteiger partial charge in [-0.3, -0.25) is 14.2 Å². The Morgan fingerprint density at radius 3 is 2.46 bits per heavy atom. The Bertz CT molecular complexity index is 1740. The van der Waals surface area contributed by atoms with Gasteiger partial charge in [-0.2, -0.15) is 13.2 Å². The van der Waals surface area contributed by atoms with Crippen LogP contribution >= 0.6 is 0 Å². The van der Waals surface area contributed by atoms with Gasteiger partial charge in [-0.25, -0.2) is 9.37 Å². The monoisotopic (exact) mass is 638 g/mol. The second-order valence-electron chi connectivity index (χ2n) is 11.8. The number of para-hydroxylation sites is 1. The lowest BCUT2D eigenvalue weighted by molar-refractivity contribution is -0.140. The van der Waals surface area contributed by atoms with E-state index in [0.717, 1.165) is 18.9 Å². The lowest BCUT2D eigenvalue weighted by Crippen LogP contribution is -2.44. The third-order valence-electron chi connectivity index (χ3n) is 8.49. The molecule has 0 aliphatic heterocycles. The van der Waals surface area contributed by atoms with Crippen molar-refractivity contribution in [2.45, 2.75) is 77.2 Å². The van der Waals surface area contributed by atoms with E-state index in [0.29, 0.717) is 53.3 Å². The van der Waals surface area contributed by atoms with Gasteiger partial charge < -0.3 is 15.0 Å². The summed E-state index contributed by atoms with van der Waals surface area (Å²) in [5.41, 5.74) is -0.729. The molecule has 2 unspecified atom stereocenters. The highest BCUT2D eigenvalue weighted by atomic mass is 19.4. The first-order chi connectivity index (χ1) is 22.0. The maximum atomic E-state index is 14.0. The molecule has 3 aromatic carbocycles. The molecule has 1 aromatic heterocycles. The molecule has 7 nitrogen and oxygen atoms in total. The van der Waals surface area contributed by atoms with Crippen LogP contribution in [0.15, 0.2) is 71.5 Å². The molecule has 1 aliphatic rings. The smallest absolute Gasteiger partial charge is 0.419 e. The molecule has 5 rings (SSSR count). The van der Waals surface area contributed by atoms with Crippen molar-refractivity contribution in [3.8, 4) is 11.4 Å². The van der Waals surface area contributed by atoms with Crippen molar-refractivity contribution < 1.29 is 27.1 Å². The molecule has 0 saturated heterocycles. The van der Waals surface area contributed by atoms with Crippen LogP contribution in [0.5, 0.6) is 5.75 Å². The van der Waals surface area contributed by atoms with Gasteiger partial charge in [-0.05, 0) is 94.1 Å². The summed E-state index contributed by atoms with van der Waals surface area (Å²) in [6.45, 7) is 6.39. The Kier molecular flexibility index (Phi) is 10.1. The molecule has 4 aromatic rings. The van der Waals surface area contributed by atoms with Crippen LogP contribution in [0.2, 0.25) is 0 Å². The first kappa shape index (κ1) is 33.1. The Hall–Kier alpha value is -4.25. The van der Waals surface area contributed by atoms with Crippen molar-refractivity contribution in [3.05, 3.63) is 99.9 Å². The van der Waals surface area contributed by atoms with E-state index in [4.69, 9.17) is 9.72 Å². The normalized spacial score (nSPS) is 14.9. The second-order valence-corrected chi connectivity index (χ2v) is 11.8. The lowest BCUT2D eigenvalue weighted by Gasteiger charge is -2.34. The van der Waals surface area contributed by atoms with Gasteiger partial charge in [-0.1, -0.05) is 24.6 Å². The number of hydrogen-bond acceptors (Lipinski definition) is 5. The lowest BCUT2D eigenvalue weighted by atomic mass is 9.92. The van der Waals surface area contributed by atoms with Crippen molar-refractivity contribution in [1.29, 1.82) is 0 Å². The van der Waals surface area contributed by atoms with E-state index in [1.54, 1.807) is 60.4 Å². The summed E-state index contributed by atoms with van der Waals surface area (Å²) in [5.74, 6) is -0.936. The molecule has 11 heteroatoms. The predicted octanol–water partition coefficient (Wildman–Crippen LogP) is 7.00. The molecule has 1 heterocycles. The van der Waals surface area contributed by atoms with Gasteiger partial charge >= 0.3 is 6.18 Å². The van der Waals surface area contributed by atoms with Gasteiger partial charge in [0.1, 0.15) is 17.4 Å². The predicted molar refractivity (Wildman–Crippen MR) is 169 cm³/mol. The molecule has 1 aliphatic carbocycles. The number of alkyl halides is 3. The summed E-state index contributed by atoms with van der Waals surface area (Å²) >= 11 is 0. The number of nitrogens with one attached hydrogen (secondary N) is 1. The maximum absolute atomic E-state index is 14.0. The SMILES string of the molecule is CCOc1ccc(-n2c(C(C)N(CCC(C)NC3CCC3)C(=O)Cc3ccc(F)c(C(F)(F)F)c3)nc3ccccc3c2=O)cc1. The molecule has 1 N–H and O–H groups in total. The van der Waals surface area contributed by atoms with Crippen LogP contribution in [0.3, 0.4) is 0 Å². The third-order valence-corrected chi connectivity index (χ3v) is 8.49. The molecule has 0 radical (unpaired) electrons. The zero-order valence-electron chi connectivity index (χ0n) is 26.1. The average Bonchev–Trinajstić information content (AvgIpc) is 3.00. The molecule has 1 amide bonds. The molecule has 0 bridgehead atoms. The van der Waals surface area contributed by atoms with E-state index in [2.05, 4.69) is 5.32 Å². The number of fused-ring (bicyclic) bond motifs is 1. The van der Waals surface area contributed by atoms with Crippen LogP contribution in [0.1, 0.15) is 69.4 Å². The van der Waals surface area contributed by atoms with E-state index in [9.17, 15) is 27.2 Å². The average molecular weight is 639 g/mol. The number of halogens is 4. The first-order valence-electron chi connectivity index (χ1n) is 15.6. The number of hydrogen-bond donors (Lipinski definition) is 1. The topological polar surface area (TPSA) is 76.5 Å². The van der Waals surface area contributed by atoms with Crippen LogP contribution in [0.25, 0.3) is 16.6 Å². The van der Waals surface area contributed by atoms with Crippen molar-refractivity contribution >= 4 is 16.8 Å². The number of rotatable bonds is 12. The Morgan fingerprint density at radius 1 is 1.09 bits per heavy atom. The fourth-order valence-electron chi connectivity index (χ4n) is 5.78. The maximum Gasteiger partial charge on any atom is 0.419 e. The van der Waals surface area contributed by atoms with Gasteiger partial charge in [0.15, 0.2) is 0 Å². The van der Waals surface area contributed by atoms with Gasteiger partial charge in [0.2, 0.25) is 5.91 Å². The summed E-state index contributed by atoms with van der Waals surface area (Å²) in [7, 11) is 0.